The Labute approximate surface area is 149 Å². The van der Waals surface area contributed by atoms with Gasteiger partial charge in [0.2, 0.25) is 5.88 Å². The summed E-state index contributed by atoms with van der Waals surface area (Å²) in [6.45, 7) is 3.30. The summed E-state index contributed by atoms with van der Waals surface area (Å²) >= 11 is 0. The van der Waals surface area contributed by atoms with Gasteiger partial charge in [-0.05, 0) is 37.6 Å². The fourth-order valence-electron chi connectivity index (χ4n) is 3.06. The van der Waals surface area contributed by atoms with Gasteiger partial charge in [-0.1, -0.05) is 6.07 Å². The average Bonchev–Trinajstić information content (AvgIpc) is 3.03. The van der Waals surface area contributed by atoms with Crippen LogP contribution in [-0.2, 0) is 20.9 Å². The molecule has 1 aromatic heterocycles. The molecule has 3 N–H and O–H groups in total. The number of esters is 1. The molecule has 1 unspecified atom stereocenters. The first-order valence-electron chi connectivity index (χ1n) is 8.08. The standard InChI is InChI=1S/C19H18N2O5/c1-3-24-19(23)16-10(2)25-18(21)14(8-20)17(16)11-4-5-15-12(6-11)7-13(9-22)26-15/h4-7,17,22H,3,9,21H2,1-2H3. The molecule has 26 heavy (non-hydrogen) atoms. The number of fused-ring (bicyclic) bond motifs is 1. The highest BCUT2D eigenvalue weighted by atomic mass is 16.5. The Morgan fingerprint density at radius 2 is 2.19 bits per heavy atom. The highest BCUT2D eigenvalue weighted by Crippen LogP contribution is 2.40. The Kier molecular flexibility index (Phi) is 4.69. The number of nitrogens with zero attached hydrogens (tertiary/aromatic N) is 1. The smallest absolute Gasteiger partial charge is 0.338 e. The summed E-state index contributed by atoms with van der Waals surface area (Å²) in [6, 6.07) is 9.02. The molecule has 1 aliphatic rings. The van der Waals surface area contributed by atoms with Crippen molar-refractivity contribution in [3.8, 4) is 6.07 Å². The first-order chi connectivity index (χ1) is 12.5. The van der Waals surface area contributed by atoms with Crippen molar-refractivity contribution in [3.05, 3.63) is 58.4 Å². The topological polar surface area (TPSA) is 119 Å². The van der Waals surface area contributed by atoms with E-state index in [1.54, 1.807) is 38.1 Å². The van der Waals surface area contributed by atoms with Crippen LogP contribution in [0.5, 0.6) is 0 Å². The summed E-state index contributed by atoms with van der Waals surface area (Å²) in [6.07, 6.45) is 0. The van der Waals surface area contributed by atoms with Gasteiger partial charge in [-0.25, -0.2) is 4.79 Å². The number of benzene rings is 1. The molecule has 0 spiro atoms. The third kappa shape index (κ3) is 2.91. The number of ether oxygens (including phenoxy) is 2. The fraction of sp³-hybridized carbons (Fsp3) is 0.263. The van der Waals surface area contributed by atoms with E-state index in [1.165, 1.54) is 0 Å². The van der Waals surface area contributed by atoms with Crippen LogP contribution in [0.1, 0.15) is 31.1 Å². The Balaban J connectivity index is 2.17. The lowest BCUT2D eigenvalue weighted by Crippen LogP contribution is -2.25. The molecule has 1 aliphatic heterocycles. The van der Waals surface area contributed by atoms with Crippen molar-refractivity contribution in [2.45, 2.75) is 26.4 Å². The van der Waals surface area contributed by atoms with Crippen molar-refractivity contribution in [3.63, 3.8) is 0 Å². The molecule has 0 saturated carbocycles. The number of nitriles is 1. The number of nitrogens with two attached hydrogens (primary N) is 1. The molecule has 0 amide bonds. The second-order valence-electron chi connectivity index (χ2n) is 5.78. The molecule has 0 saturated heterocycles. The van der Waals surface area contributed by atoms with E-state index in [2.05, 4.69) is 0 Å². The minimum Gasteiger partial charge on any atom is -0.463 e. The number of hydrogen-bond acceptors (Lipinski definition) is 7. The van der Waals surface area contributed by atoms with Crippen molar-refractivity contribution >= 4 is 16.9 Å². The summed E-state index contributed by atoms with van der Waals surface area (Å²) in [5.74, 6) is -0.569. The van der Waals surface area contributed by atoms with Gasteiger partial charge in [0.1, 0.15) is 35.4 Å². The molecule has 0 fully saturated rings. The minimum atomic E-state index is -0.704. The maximum Gasteiger partial charge on any atom is 0.338 e. The average molecular weight is 354 g/mol. The minimum absolute atomic E-state index is 0.0358. The van der Waals surface area contributed by atoms with Crippen LogP contribution in [0.4, 0.5) is 0 Å². The van der Waals surface area contributed by atoms with Crippen molar-refractivity contribution < 1.29 is 23.8 Å². The summed E-state index contributed by atoms with van der Waals surface area (Å²) < 4.78 is 16.0. The molecule has 0 radical (unpaired) electrons. The zero-order valence-electron chi connectivity index (χ0n) is 14.4. The second-order valence-corrected chi connectivity index (χ2v) is 5.78. The van der Waals surface area contributed by atoms with Gasteiger partial charge in [0.25, 0.3) is 0 Å². The molecule has 0 bridgehead atoms. The number of rotatable bonds is 4. The molecule has 134 valence electrons. The van der Waals surface area contributed by atoms with Crippen LogP contribution in [-0.4, -0.2) is 17.7 Å². The molecule has 0 aliphatic carbocycles. The van der Waals surface area contributed by atoms with Crippen LogP contribution in [0.3, 0.4) is 0 Å². The quantitative estimate of drug-likeness (QED) is 0.810. The summed E-state index contributed by atoms with van der Waals surface area (Å²) in [4.78, 5) is 12.5. The lowest BCUT2D eigenvalue weighted by Gasteiger charge is -2.26. The third-order valence-corrected chi connectivity index (χ3v) is 4.18. The van der Waals surface area contributed by atoms with E-state index in [9.17, 15) is 15.2 Å². The van der Waals surface area contributed by atoms with Crippen LogP contribution in [0.25, 0.3) is 11.0 Å². The fourth-order valence-corrected chi connectivity index (χ4v) is 3.06. The molecule has 3 rings (SSSR count). The van der Waals surface area contributed by atoms with Crippen molar-refractivity contribution in [1.29, 1.82) is 5.26 Å². The SMILES string of the molecule is CCOC(=O)C1=C(C)OC(N)=C(C#N)C1c1ccc2oc(CO)cc2c1. The van der Waals surface area contributed by atoms with E-state index < -0.39 is 11.9 Å². The number of aliphatic hydroxyl groups excluding tert-OH is 1. The Bertz CT molecular complexity index is 977. The van der Waals surface area contributed by atoms with Crippen molar-refractivity contribution in [2.75, 3.05) is 6.61 Å². The first kappa shape index (κ1) is 17.6. The van der Waals surface area contributed by atoms with Crippen molar-refractivity contribution in [2.24, 2.45) is 5.73 Å². The third-order valence-electron chi connectivity index (χ3n) is 4.18. The van der Waals surface area contributed by atoms with E-state index in [-0.39, 0.29) is 30.2 Å². The lowest BCUT2D eigenvalue weighted by atomic mass is 9.83. The summed E-state index contributed by atoms with van der Waals surface area (Å²) in [5, 5.41) is 19.5. The Morgan fingerprint density at radius 1 is 1.42 bits per heavy atom. The van der Waals surface area contributed by atoms with Crippen LogP contribution in [0, 0.1) is 11.3 Å². The van der Waals surface area contributed by atoms with E-state index in [4.69, 9.17) is 19.6 Å². The maximum absolute atomic E-state index is 12.5. The van der Waals surface area contributed by atoms with Gasteiger partial charge in [-0.2, -0.15) is 5.26 Å². The molecule has 1 aromatic carbocycles. The number of hydrogen-bond donors (Lipinski definition) is 2. The van der Waals surface area contributed by atoms with Gasteiger partial charge in [-0.3, -0.25) is 0 Å². The van der Waals surface area contributed by atoms with Gasteiger partial charge in [0.15, 0.2) is 0 Å². The molecule has 7 nitrogen and oxygen atoms in total. The predicted molar refractivity (Wildman–Crippen MR) is 92.1 cm³/mol. The zero-order valence-corrected chi connectivity index (χ0v) is 14.4. The van der Waals surface area contributed by atoms with E-state index in [0.29, 0.717) is 22.7 Å². The molecular formula is C19H18N2O5. The highest BCUT2D eigenvalue weighted by molar-refractivity contribution is 5.93. The Morgan fingerprint density at radius 3 is 2.85 bits per heavy atom. The van der Waals surface area contributed by atoms with E-state index in [0.717, 1.165) is 5.39 Å². The largest absolute Gasteiger partial charge is 0.463 e. The van der Waals surface area contributed by atoms with Gasteiger partial charge in [0, 0.05) is 5.39 Å². The van der Waals surface area contributed by atoms with Crippen LogP contribution in [0.2, 0.25) is 0 Å². The molecule has 7 heteroatoms. The zero-order chi connectivity index (χ0) is 18.8. The van der Waals surface area contributed by atoms with Gasteiger partial charge < -0.3 is 24.7 Å². The molecular weight excluding hydrogens is 336 g/mol. The second kappa shape index (κ2) is 6.94. The number of aliphatic hydroxyl groups is 1. The van der Waals surface area contributed by atoms with Gasteiger partial charge >= 0.3 is 5.97 Å². The van der Waals surface area contributed by atoms with Crippen LogP contribution < -0.4 is 5.73 Å². The molecule has 2 aromatic rings. The van der Waals surface area contributed by atoms with E-state index in [1.807, 2.05) is 6.07 Å². The van der Waals surface area contributed by atoms with Crippen LogP contribution >= 0.6 is 0 Å². The van der Waals surface area contributed by atoms with Gasteiger partial charge in [-0.15, -0.1) is 0 Å². The number of allylic oxidation sites excluding steroid dienone is 2. The van der Waals surface area contributed by atoms with E-state index >= 15 is 0 Å². The number of carbonyl (C=O) groups excluding carboxylic acids is 1. The maximum atomic E-state index is 12.5. The van der Waals surface area contributed by atoms with Crippen LogP contribution in [0.15, 0.2) is 51.5 Å². The lowest BCUT2D eigenvalue weighted by molar-refractivity contribution is -0.139. The molecule has 1 atom stereocenters. The summed E-state index contributed by atoms with van der Waals surface area (Å²) in [5.41, 5.74) is 7.53. The number of furan rings is 1. The monoisotopic (exact) mass is 354 g/mol. The molecule has 2 heterocycles. The Hall–Kier alpha value is -3.24. The van der Waals surface area contributed by atoms with Gasteiger partial charge in [0.05, 0.1) is 18.1 Å². The summed E-state index contributed by atoms with van der Waals surface area (Å²) in [7, 11) is 0. The first-order valence-corrected chi connectivity index (χ1v) is 8.08. The normalized spacial score (nSPS) is 17.2. The number of carbonyl (C=O) groups is 1. The highest BCUT2D eigenvalue weighted by Gasteiger charge is 2.36. The van der Waals surface area contributed by atoms with Crippen molar-refractivity contribution in [1.82, 2.24) is 0 Å². The predicted octanol–water partition coefficient (Wildman–Crippen LogP) is 2.57.